The second-order valence-electron chi connectivity index (χ2n) is 4.40. The summed E-state index contributed by atoms with van der Waals surface area (Å²) >= 11 is 0. The Morgan fingerprint density at radius 1 is 1.24 bits per heavy atom. The Labute approximate surface area is 99.5 Å². The maximum atomic E-state index is 13.7. The largest absolute Gasteiger partial charge is 0.377 e. The van der Waals surface area contributed by atoms with E-state index < -0.39 is 0 Å². The smallest absolute Gasteiger partial charge is 0.128 e. The highest BCUT2D eigenvalue weighted by molar-refractivity contribution is 5.63. The molecular weight excluding hydrogens is 215 g/mol. The van der Waals surface area contributed by atoms with Crippen LogP contribution in [0.25, 0.3) is 0 Å². The summed E-state index contributed by atoms with van der Waals surface area (Å²) in [5, 5.41) is 3.39. The number of fused-ring (bicyclic) bond motifs is 1. The lowest BCUT2D eigenvalue weighted by molar-refractivity contribution is 0.610. The number of nitrogens with one attached hydrogen (secondary N) is 1. The number of nitrogens with zero attached hydrogens (tertiary/aromatic N) is 1. The van der Waals surface area contributed by atoms with Crippen LogP contribution in [0, 0.1) is 12.7 Å². The highest BCUT2D eigenvalue weighted by atomic mass is 19.1. The molecule has 1 N–H and O–H groups in total. The summed E-state index contributed by atoms with van der Waals surface area (Å²) in [7, 11) is 0. The molecule has 1 aliphatic rings. The molecule has 3 rings (SSSR count). The fraction of sp³-hybridized carbons (Fsp3) is 0.214. The molecule has 0 saturated carbocycles. The Balaban J connectivity index is 1.98. The fourth-order valence-electron chi connectivity index (χ4n) is 2.37. The molecule has 1 aromatic heterocycles. The number of pyridine rings is 1. The van der Waals surface area contributed by atoms with Gasteiger partial charge in [-0.25, -0.2) is 4.39 Å². The first kappa shape index (κ1) is 10.3. The van der Waals surface area contributed by atoms with Gasteiger partial charge < -0.3 is 5.32 Å². The lowest BCUT2D eigenvalue weighted by atomic mass is 10.0. The Morgan fingerprint density at radius 2 is 2.00 bits per heavy atom. The molecule has 0 radical (unpaired) electrons. The zero-order valence-corrected chi connectivity index (χ0v) is 9.57. The van der Waals surface area contributed by atoms with Gasteiger partial charge in [-0.2, -0.15) is 0 Å². The number of hydrogen-bond acceptors (Lipinski definition) is 2. The van der Waals surface area contributed by atoms with Crippen molar-refractivity contribution < 1.29 is 4.39 Å². The van der Waals surface area contributed by atoms with Gasteiger partial charge in [0.1, 0.15) is 5.82 Å². The van der Waals surface area contributed by atoms with Crippen LogP contribution < -0.4 is 5.32 Å². The number of aromatic nitrogens is 1. The van der Waals surface area contributed by atoms with Gasteiger partial charge in [-0.3, -0.25) is 4.98 Å². The fourth-order valence-corrected chi connectivity index (χ4v) is 2.37. The maximum absolute atomic E-state index is 13.7. The van der Waals surface area contributed by atoms with Gasteiger partial charge in [-0.15, -0.1) is 0 Å². The molecule has 2 aromatic rings. The predicted octanol–water partition coefficient (Wildman–Crippen LogP) is 3.24. The van der Waals surface area contributed by atoms with Gasteiger partial charge in [0.05, 0.1) is 6.04 Å². The average Bonchev–Trinajstić information content (AvgIpc) is 2.81. The number of hydrogen-bond donors (Lipinski definition) is 1. The SMILES string of the molecule is Cc1ccc(F)c2c1NC(c1ccncc1)C2. The van der Waals surface area contributed by atoms with E-state index in [1.807, 2.05) is 25.1 Å². The van der Waals surface area contributed by atoms with Crippen LogP contribution in [0.5, 0.6) is 0 Å². The van der Waals surface area contributed by atoms with Crippen molar-refractivity contribution in [3.8, 4) is 0 Å². The van der Waals surface area contributed by atoms with Crippen molar-refractivity contribution in [1.82, 2.24) is 4.98 Å². The third-order valence-corrected chi connectivity index (χ3v) is 3.30. The maximum Gasteiger partial charge on any atom is 0.128 e. The number of aryl methyl sites for hydroxylation is 1. The van der Waals surface area contributed by atoms with Crippen molar-refractivity contribution in [3.05, 3.63) is 59.2 Å². The molecule has 3 heteroatoms. The zero-order valence-electron chi connectivity index (χ0n) is 9.57. The van der Waals surface area contributed by atoms with Crippen LogP contribution in [0.2, 0.25) is 0 Å². The van der Waals surface area contributed by atoms with Gasteiger partial charge in [0.15, 0.2) is 0 Å². The first-order valence-electron chi connectivity index (χ1n) is 5.70. The summed E-state index contributed by atoms with van der Waals surface area (Å²) < 4.78 is 13.7. The molecular formula is C14H13FN2. The Kier molecular flexibility index (Phi) is 2.32. The van der Waals surface area contributed by atoms with E-state index in [1.54, 1.807) is 18.5 Å². The van der Waals surface area contributed by atoms with E-state index in [1.165, 1.54) is 0 Å². The van der Waals surface area contributed by atoms with Crippen molar-refractivity contribution in [2.75, 3.05) is 5.32 Å². The van der Waals surface area contributed by atoms with Crippen LogP contribution in [-0.2, 0) is 6.42 Å². The molecule has 1 aliphatic heterocycles. The minimum absolute atomic E-state index is 0.116. The minimum atomic E-state index is -0.116. The van der Waals surface area contributed by atoms with Crippen LogP contribution in [0.15, 0.2) is 36.7 Å². The highest BCUT2D eigenvalue weighted by Gasteiger charge is 2.25. The topological polar surface area (TPSA) is 24.9 Å². The van der Waals surface area contributed by atoms with Gasteiger partial charge in [0.25, 0.3) is 0 Å². The van der Waals surface area contributed by atoms with Crippen LogP contribution in [-0.4, -0.2) is 4.98 Å². The first-order chi connectivity index (χ1) is 8.25. The molecule has 86 valence electrons. The molecule has 0 spiro atoms. The van der Waals surface area contributed by atoms with Gasteiger partial charge in [0, 0.05) is 30.1 Å². The summed E-state index contributed by atoms with van der Waals surface area (Å²) in [6, 6.07) is 7.46. The normalized spacial score (nSPS) is 17.6. The molecule has 0 bridgehead atoms. The molecule has 0 fully saturated rings. The summed E-state index contributed by atoms with van der Waals surface area (Å²) in [6.45, 7) is 2.00. The van der Waals surface area contributed by atoms with E-state index in [0.29, 0.717) is 6.42 Å². The Morgan fingerprint density at radius 3 is 2.71 bits per heavy atom. The highest BCUT2D eigenvalue weighted by Crippen LogP contribution is 2.37. The number of rotatable bonds is 1. The second kappa shape index (κ2) is 3.84. The molecule has 2 heterocycles. The molecule has 1 aromatic carbocycles. The summed E-state index contributed by atoms with van der Waals surface area (Å²) in [4.78, 5) is 4.00. The standard InChI is InChI=1S/C14H13FN2/c1-9-2-3-12(15)11-8-13(17-14(9)11)10-4-6-16-7-5-10/h2-7,13,17H,8H2,1H3. The molecule has 0 aliphatic carbocycles. The lowest BCUT2D eigenvalue weighted by Crippen LogP contribution is -2.05. The summed E-state index contributed by atoms with van der Waals surface area (Å²) in [5.74, 6) is -0.116. The van der Waals surface area contributed by atoms with Crippen LogP contribution >= 0.6 is 0 Å². The molecule has 17 heavy (non-hydrogen) atoms. The van der Waals surface area contributed by atoms with E-state index >= 15 is 0 Å². The van der Waals surface area contributed by atoms with E-state index in [2.05, 4.69) is 10.3 Å². The third kappa shape index (κ3) is 1.68. The summed E-state index contributed by atoms with van der Waals surface area (Å²) in [6.07, 6.45) is 4.24. The van der Waals surface area contributed by atoms with Crippen LogP contribution in [0.3, 0.4) is 0 Å². The van der Waals surface area contributed by atoms with Gasteiger partial charge >= 0.3 is 0 Å². The van der Waals surface area contributed by atoms with Gasteiger partial charge in [-0.05, 0) is 36.2 Å². The molecule has 1 unspecified atom stereocenters. The van der Waals surface area contributed by atoms with Crippen LogP contribution in [0.4, 0.5) is 10.1 Å². The monoisotopic (exact) mass is 228 g/mol. The summed E-state index contributed by atoms with van der Waals surface area (Å²) in [5.41, 5.74) is 3.99. The van der Waals surface area contributed by atoms with Crippen molar-refractivity contribution >= 4 is 5.69 Å². The first-order valence-corrected chi connectivity index (χ1v) is 5.70. The van der Waals surface area contributed by atoms with E-state index in [9.17, 15) is 4.39 Å². The van der Waals surface area contributed by atoms with E-state index in [0.717, 1.165) is 22.4 Å². The lowest BCUT2D eigenvalue weighted by Gasteiger charge is -2.11. The molecule has 0 amide bonds. The number of anilines is 1. The molecule has 1 atom stereocenters. The Bertz CT molecular complexity index is 521. The van der Waals surface area contributed by atoms with Crippen molar-refractivity contribution in [2.45, 2.75) is 19.4 Å². The van der Waals surface area contributed by atoms with Crippen LogP contribution in [0.1, 0.15) is 22.7 Å². The second-order valence-corrected chi connectivity index (χ2v) is 4.40. The van der Waals surface area contributed by atoms with Crippen molar-refractivity contribution in [1.29, 1.82) is 0 Å². The zero-order chi connectivity index (χ0) is 11.8. The van der Waals surface area contributed by atoms with Crippen molar-refractivity contribution in [2.24, 2.45) is 0 Å². The van der Waals surface area contributed by atoms with Crippen molar-refractivity contribution in [3.63, 3.8) is 0 Å². The number of benzene rings is 1. The van der Waals surface area contributed by atoms with E-state index in [4.69, 9.17) is 0 Å². The Hall–Kier alpha value is -1.90. The van der Waals surface area contributed by atoms with E-state index in [-0.39, 0.29) is 11.9 Å². The number of halogens is 1. The quantitative estimate of drug-likeness (QED) is 0.810. The predicted molar refractivity (Wildman–Crippen MR) is 65.4 cm³/mol. The van der Waals surface area contributed by atoms with Gasteiger partial charge in [-0.1, -0.05) is 6.07 Å². The molecule has 0 saturated heterocycles. The third-order valence-electron chi connectivity index (χ3n) is 3.30. The molecule has 2 nitrogen and oxygen atoms in total. The minimum Gasteiger partial charge on any atom is -0.377 e. The van der Waals surface area contributed by atoms with Gasteiger partial charge in [0.2, 0.25) is 0 Å². The average molecular weight is 228 g/mol.